The first kappa shape index (κ1) is 18.7. The molecule has 0 fully saturated rings. The number of ether oxygens (including phenoxy) is 2. The molecule has 0 saturated carbocycles. The summed E-state index contributed by atoms with van der Waals surface area (Å²) >= 11 is 0. The number of pyridine rings is 1. The molecule has 1 aromatic carbocycles. The highest BCUT2D eigenvalue weighted by Crippen LogP contribution is 2.26. The van der Waals surface area contributed by atoms with Crippen LogP contribution in [0.15, 0.2) is 42.7 Å². The van der Waals surface area contributed by atoms with Crippen molar-refractivity contribution in [1.82, 2.24) is 15.0 Å². The van der Waals surface area contributed by atoms with E-state index in [1.807, 2.05) is 12.1 Å². The van der Waals surface area contributed by atoms with Crippen LogP contribution in [-0.2, 0) is 9.47 Å². The standard InChI is InChI=1S/C19H20N4O4/c1-26-19(25)13-4-5-16-15(11-13)18(21-7-9-27-10-8-24)23-17(22-16)14-3-2-6-20-12-14/h2-6,11-12,24H,7-10H2,1H3,(H,21,22,23). The fourth-order valence-corrected chi connectivity index (χ4v) is 2.54. The molecule has 2 N–H and O–H groups in total. The Kier molecular flexibility index (Phi) is 6.24. The Balaban J connectivity index is 1.98. The Morgan fingerprint density at radius 2 is 2.11 bits per heavy atom. The average molecular weight is 368 g/mol. The molecule has 0 radical (unpaired) electrons. The summed E-state index contributed by atoms with van der Waals surface area (Å²) in [7, 11) is 1.34. The second kappa shape index (κ2) is 9.02. The van der Waals surface area contributed by atoms with Crippen molar-refractivity contribution in [3.05, 3.63) is 48.3 Å². The third-order valence-electron chi connectivity index (χ3n) is 3.81. The smallest absolute Gasteiger partial charge is 0.337 e. The molecule has 0 aliphatic carbocycles. The van der Waals surface area contributed by atoms with Crippen molar-refractivity contribution in [1.29, 1.82) is 0 Å². The van der Waals surface area contributed by atoms with Crippen LogP contribution in [0.25, 0.3) is 22.3 Å². The molecule has 8 heteroatoms. The van der Waals surface area contributed by atoms with Crippen molar-refractivity contribution >= 4 is 22.7 Å². The maximum absolute atomic E-state index is 11.9. The van der Waals surface area contributed by atoms with Crippen LogP contribution >= 0.6 is 0 Å². The predicted octanol–water partition coefficient (Wildman–Crippen LogP) is 1.90. The number of aliphatic hydroxyl groups is 1. The maximum Gasteiger partial charge on any atom is 0.337 e. The molecule has 3 aromatic rings. The zero-order valence-corrected chi connectivity index (χ0v) is 14.9. The number of carbonyl (C=O) groups excluding carboxylic acids is 1. The molecule has 140 valence electrons. The van der Waals surface area contributed by atoms with Crippen LogP contribution in [0.5, 0.6) is 0 Å². The number of benzene rings is 1. The van der Waals surface area contributed by atoms with Gasteiger partial charge in [-0.15, -0.1) is 0 Å². The highest BCUT2D eigenvalue weighted by molar-refractivity contribution is 5.98. The highest BCUT2D eigenvalue weighted by atomic mass is 16.5. The zero-order valence-electron chi connectivity index (χ0n) is 14.9. The summed E-state index contributed by atoms with van der Waals surface area (Å²) in [6.07, 6.45) is 3.38. The predicted molar refractivity (Wildman–Crippen MR) is 101 cm³/mol. The van der Waals surface area contributed by atoms with E-state index in [0.717, 1.165) is 5.56 Å². The third kappa shape index (κ3) is 4.55. The van der Waals surface area contributed by atoms with E-state index >= 15 is 0 Å². The first-order valence-electron chi connectivity index (χ1n) is 8.46. The lowest BCUT2D eigenvalue weighted by atomic mass is 10.1. The Hall–Kier alpha value is -3.10. The second-order valence-electron chi connectivity index (χ2n) is 5.62. The first-order chi connectivity index (χ1) is 13.2. The Morgan fingerprint density at radius 1 is 1.22 bits per heavy atom. The summed E-state index contributed by atoms with van der Waals surface area (Å²) in [6, 6.07) is 8.83. The van der Waals surface area contributed by atoms with Gasteiger partial charge >= 0.3 is 5.97 Å². The molecule has 0 aliphatic rings. The number of carbonyl (C=O) groups is 1. The van der Waals surface area contributed by atoms with E-state index in [0.29, 0.717) is 41.3 Å². The molecule has 27 heavy (non-hydrogen) atoms. The lowest BCUT2D eigenvalue weighted by molar-refractivity contribution is 0.0601. The van der Waals surface area contributed by atoms with E-state index in [-0.39, 0.29) is 13.2 Å². The van der Waals surface area contributed by atoms with E-state index < -0.39 is 5.97 Å². The quantitative estimate of drug-likeness (QED) is 0.459. The van der Waals surface area contributed by atoms with Crippen LogP contribution in [-0.4, -0.2) is 59.5 Å². The summed E-state index contributed by atoms with van der Waals surface area (Å²) < 4.78 is 10.1. The van der Waals surface area contributed by atoms with Gasteiger partial charge in [0.05, 0.1) is 38.0 Å². The third-order valence-corrected chi connectivity index (χ3v) is 3.81. The average Bonchev–Trinajstić information content (AvgIpc) is 2.73. The summed E-state index contributed by atoms with van der Waals surface area (Å²) in [5.41, 5.74) is 1.90. The van der Waals surface area contributed by atoms with E-state index in [2.05, 4.69) is 20.3 Å². The number of fused-ring (bicyclic) bond motifs is 1. The van der Waals surface area contributed by atoms with Crippen molar-refractivity contribution < 1.29 is 19.4 Å². The van der Waals surface area contributed by atoms with Gasteiger partial charge in [0.2, 0.25) is 0 Å². The van der Waals surface area contributed by atoms with Gasteiger partial charge in [-0.05, 0) is 30.3 Å². The molecule has 0 aliphatic heterocycles. The van der Waals surface area contributed by atoms with Crippen LogP contribution in [0.1, 0.15) is 10.4 Å². The minimum atomic E-state index is -0.425. The fraction of sp³-hybridized carbons (Fsp3) is 0.263. The van der Waals surface area contributed by atoms with Gasteiger partial charge in [-0.2, -0.15) is 0 Å². The number of methoxy groups -OCH3 is 1. The number of anilines is 1. The zero-order chi connectivity index (χ0) is 19.1. The van der Waals surface area contributed by atoms with Crippen LogP contribution in [0.2, 0.25) is 0 Å². The number of aromatic nitrogens is 3. The van der Waals surface area contributed by atoms with Gasteiger partial charge in [0, 0.05) is 29.9 Å². The largest absolute Gasteiger partial charge is 0.465 e. The number of hydrogen-bond donors (Lipinski definition) is 2. The molecule has 0 bridgehead atoms. The number of esters is 1. The van der Waals surface area contributed by atoms with Crippen LogP contribution in [0.3, 0.4) is 0 Å². The van der Waals surface area contributed by atoms with Gasteiger partial charge in [-0.25, -0.2) is 14.8 Å². The van der Waals surface area contributed by atoms with Crippen LogP contribution < -0.4 is 5.32 Å². The van der Waals surface area contributed by atoms with Crippen LogP contribution in [0, 0.1) is 0 Å². The van der Waals surface area contributed by atoms with Crippen molar-refractivity contribution in [3.63, 3.8) is 0 Å². The number of rotatable bonds is 8. The highest BCUT2D eigenvalue weighted by Gasteiger charge is 2.13. The van der Waals surface area contributed by atoms with Crippen LogP contribution in [0.4, 0.5) is 5.82 Å². The molecule has 8 nitrogen and oxygen atoms in total. The Morgan fingerprint density at radius 3 is 2.85 bits per heavy atom. The van der Waals surface area contributed by atoms with Gasteiger partial charge in [-0.3, -0.25) is 4.98 Å². The Labute approximate surface area is 156 Å². The second-order valence-corrected chi connectivity index (χ2v) is 5.62. The van der Waals surface area contributed by atoms with Gasteiger partial charge in [0.25, 0.3) is 0 Å². The van der Waals surface area contributed by atoms with Gasteiger partial charge < -0.3 is 19.9 Å². The monoisotopic (exact) mass is 368 g/mol. The summed E-state index contributed by atoms with van der Waals surface area (Å²) in [5, 5.41) is 12.7. The van der Waals surface area contributed by atoms with E-state index in [9.17, 15) is 4.79 Å². The van der Waals surface area contributed by atoms with E-state index in [1.54, 1.807) is 30.6 Å². The summed E-state index contributed by atoms with van der Waals surface area (Å²) in [6.45, 7) is 1.15. The van der Waals surface area contributed by atoms with E-state index in [1.165, 1.54) is 7.11 Å². The van der Waals surface area contributed by atoms with Crippen molar-refractivity contribution in [3.8, 4) is 11.4 Å². The molecule has 0 saturated heterocycles. The topological polar surface area (TPSA) is 106 Å². The van der Waals surface area contributed by atoms with Crippen molar-refractivity contribution in [2.45, 2.75) is 0 Å². The normalized spacial score (nSPS) is 10.7. The first-order valence-corrected chi connectivity index (χ1v) is 8.46. The molecule has 2 heterocycles. The number of nitrogens with one attached hydrogen (secondary N) is 1. The molecule has 2 aromatic heterocycles. The summed E-state index contributed by atoms with van der Waals surface area (Å²) in [4.78, 5) is 25.1. The van der Waals surface area contributed by atoms with Gasteiger partial charge in [0.15, 0.2) is 5.82 Å². The summed E-state index contributed by atoms with van der Waals surface area (Å²) in [5.74, 6) is 0.683. The molecular formula is C19H20N4O4. The van der Waals surface area contributed by atoms with Crippen molar-refractivity contribution in [2.75, 3.05) is 38.8 Å². The molecule has 0 spiro atoms. The lowest BCUT2D eigenvalue weighted by Gasteiger charge is -2.12. The molecule has 0 unspecified atom stereocenters. The van der Waals surface area contributed by atoms with Gasteiger partial charge in [0.1, 0.15) is 5.82 Å². The number of aliphatic hydroxyl groups excluding tert-OH is 1. The molecule has 0 amide bonds. The fourth-order valence-electron chi connectivity index (χ4n) is 2.54. The van der Waals surface area contributed by atoms with Gasteiger partial charge in [-0.1, -0.05) is 0 Å². The molecular weight excluding hydrogens is 348 g/mol. The minimum Gasteiger partial charge on any atom is -0.465 e. The number of nitrogens with zero attached hydrogens (tertiary/aromatic N) is 3. The van der Waals surface area contributed by atoms with E-state index in [4.69, 9.17) is 14.6 Å². The SMILES string of the molecule is COC(=O)c1ccc2nc(-c3cccnc3)nc(NCCOCCO)c2c1. The molecule has 0 atom stereocenters. The minimum absolute atomic E-state index is 0.0237. The Bertz CT molecular complexity index is 918. The lowest BCUT2D eigenvalue weighted by Crippen LogP contribution is -2.13. The molecule has 3 rings (SSSR count). The number of hydrogen-bond acceptors (Lipinski definition) is 8. The van der Waals surface area contributed by atoms with Crippen molar-refractivity contribution in [2.24, 2.45) is 0 Å². The maximum atomic E-state index is 11.9.